The molecule has 0 aliphatic rings. The number of aromatic nitrogens is 6. The van der Waals surface area contributed by atoms with Gasteiger partial charge < -0.3 is 10.3 Å². The molecular weight excluding hydrogens is 486 g/mol. The van der Waals surface area contributed by atoms with Gasteiger partial charge in [0.1, 0.15) is 5.52 Å². The number of Topliss-reactive ketones (excluding diaryl/α,β-unsaturated/α-hetero) is 1. The van der Waals surface area contributed by atoms with Crippen LogP contribution in [0.2, 0.25) is 0 Å². The van der Waals surface area contributed by atoms with Crippen molar-refractivity contribution in [2.75, 3.05) is 5.32 Å². The molecule has 0 aliphatic heterocycles. The van der Waals surface area contributed by atoms with E-state index in [9.17, 15) is 9.59 Å². The van der Waals surface area contributed by atoms with Crippen LogP contribution in [0.5, 0.6) is 0 Å². The van der Waals surface area contributed by atoms with Crippen LogP contribution in [0.15, 0.2) is 60.9 Å². The number of amides is 1. The lowest BCUT2D eigenvalue weighted by molar-refractivity contribution is -0.115. The molecule has 10 heteroatoms. The van der Waals surface area contributed by atoms with Gasteiger partial charge >= 0.3 is 0 Å². The SMILES string of the molecule is CCC(=O)Nc1cncc(-c2ccc3[nH]nc(-c4nc5c(-c6ccc(C(C)=O)s6)cccc5[nH]4)c3n2)c1. The van der Waals surface area contributed by atoms with Crippen LogP contribution in [-0.2, 0) is 4.79 Å². The van der Waals surface area contributed by atoms with Crippen LogP contribution in [-0.4, -0.2) is 41.8 Å². The van der Waals surface area contributed by atoms with Crippen LogP contribution in [0.25, 0.3) is 55.3 Å². The van der Waals surface area contributed by atoms with E-state index in [1.54, 1.807) is 26.2 Å². The molecule has 6 rings (SSSR count). The first-order valence-electron chi connectivity index (χ1n) is 11.7. The molecule has 0 radical (unpaired) electrons. The third-order valence-corrected chi connectivity index (χ3v) is 7.22. The van der Waals surface area contributed by atoms with Gasteiger partial charge in [-0.2, -0.15) is 5.10 Å². The molecule has 0 unspecified atom stereocenters. The number of para-hydroxylation sites is 1. The van der Waals surface area contributed by atoms with E-state index in [1.807, 2.05) is 48.5 Å². The predicted molar refractivity (Wildman–Crippen MR) is 144 cm³/mol. The summed E-state index contributed by atoms with van der Waals surface area (Å²) >= 11 is 1.45. The van der Waals surface area contributed by atoms with E-state index in [0.29, 0.717) is 39.7 Å². The maximum Gasteiger partial charge on any atom is 0.224 e. The van der Waals surface area contributed by atoms with Crippen molar-refractivity contribution in [1.29, 1.82) is 0 Å². The number of rotatable bonds is 6. The molecule has 9 nitrogen and oxygen atoms in total. The summed E-state index contributed by atoms with van der Waals surface area (Å²) in [5.74, 6) is 0.553. The Kier molecular flexibility index (Phi) is 5.57. The molecule has 0 spiro atoms. The van der Waals surface area contributed by atoms with E-state index in [4.69, 9.17) is 9.97 Å². The fourth-order valence-corrected chi connectivity index (χ4v) is 5.07. The number of nitrogens with one attached hydrogen (secondary N) is 3. The Bertz CT molecular complexity index is 1810. The molecule has 0 saturated heterocycles. The predicted octanol–water partition coefficient (Wildman–Crippen LogP) is 5.84. The summed E-state index contributed by atoms with van der Waals surface area (Å²) in [6, 6.07) is 15.4. The molecule has 5 aromatic heterocycles. The largest absolute Gasteiger partial charge is 0.336 e. The molecule has 182 valence electrons. The highest BCUT2D eigenvalue weighted by atomic mass is 32.1. The number of pyridine rings is 2. The zero-order valence-electron chi connectivity index (χ0n) is 20.0. The summed E-state index contributed by atoms with van der Waals surface area (Å²) in [7, 11) is 0. The summed E-state index contributed by atoms with van der Waals surface area (Å²) in [5, 5.41) is 10.4. The maximum atomic E-state index is 11.8. The Morgan fingerprint density at radius 1 is 1.00 bits per heavy atom. The standard InChI is InChI=1S/C27H21N7O2S/c1-3-23(36)29-16-11-15(12-28-13-16)18-7-8-20-25(30-18)26(34-33-20)27-31-19-6-4-5-17(24(19)32-27)22-10-9-21(37-22)14(2)35/h4-13H,3H2,1-2H3,(H,29,36)(H,31,32)(H,33,34). The maximum absolute atomic E-state index is 11.8. The highest BCUT2D eigenvalue weighted by molar-refractivity contribution is 7.17. The van der Waals surface area contributed by atoms with Crippen LogP contribution in [0, 0.1) is 0 Å². The minimum Gasteiger partial charge on any atom is -0.336 e. The van der Waals surface area contributed by atoms with Crippen molar-refractivity contribution >= 4 is 50.8 Å². The van der Waals surface area contributed by atoms with Crippen molar-refractivity contribution in [3.8, 4) is 33.2 Å². The lowest BCUT2D eigenvalue weighted by Crippen LogP contribution is -2.09. The molecule has 3 N–H and O–H groups in total. The van der Waals surface area contributed by atoms with E-state index in [-0.39, 0.29) is 11.7 Å². The van der Waals surface area contributed by atoms with Gasteiger partial charge in [0.25, 0.3) is 0 Å². The van der Waals surface area contributed by atoms with Gasteiger partial charge in [-0.05, 0) is 43.3 Å². The molecule has 0 saturated carbocycles. The van der Waals surface area contributed by atoms with Crippen molar-refractivity contribution in [3.63, 3.8) is 0 Å². The van der Waals surface area contributed by atoms with Crippen molar-refractivity contribution < 1.29 is 9.59 Å². The van der Waals surface area contributed by atoms with Crippen molar-refractivity contribution in [2.24, 2.45) is 0 Å². The summed E-state index contributed by atoms with van der Waals surface area (Å²) in [6.07, 6.45) is 3.70. The summed E-state index contributed by atoms with van der Waals surface area (Å²) in [6.45, 7) is 3.37. The molecular formula is C27H21N7O2S. The molecule has 5 heterocycles. The Labute approximate surface area is 215 Å². The molecule has 1 amide bonds. The van der Waals surface area contributed by atoms with E-state index >= 15 is 0 Å². The number of thiophene rings is 1. The average molecular weight is 508 g/mol. The summed E-state index contributed by atoms with van der Waals surface area (Å²) in [5.41, 5.74) is 6.72. The van der Waals surface area contributed by atoms with Gasteiger partial charge in [-0.3, -0.25) is 19.7 Å². The molecule has 1 aromatic carbocycles. The van der Waals surface area contributed by atoms with Gasteiger partial charge in [-0.15, -0.1) is 11.3 Å². The number of carbonyl (C=O) groups excluding carboxylic acids is 2. The zero-order chi connectivity index (χ0) is 25.5. The monoisotopic (exact) mass is 507 g/mol. The minimum atomic E-state index is -0.0798. The molecule has 0 fully saturated rings. The second-order valence-corrected chi connectivity index (χ2v) is 9.62. The third kappa shape index (κ3) is 4.17. The number of H-pyrrole nitrogens is 2. The lowest BCUT2D eigenvalue weighted by atomic mass is 10.1. The minimum absolute atomic E-state index is 0.0458. The topological polar surface area (TPSA) is 129 Å². The molecule has 0 aliphatic carbocycles. The normalized spacial score (nSPS) is 11.3. The second-order valence-electron chi connectivity index (χ2n) is 8.54. The van der Waals surface area contributed by atoms with Crippen molar-refractivity contribution in [1.82, 2.24) is 30.1 Å². The van der Waals surface area contributed by atoms with Gasteiger partial charge in [0.2, 0.25) is 5.91 Å². The third-order valence-electron chi connectivity index (χ3n) is 6.00. The fraction of sp³-hybridized carbons (Fsp3) is 0.111. The number of aromatic amines is 2. The van der Waals surface area contributed by atoms with Crippen molar-refractivity contribution in [2.45, 2.75) is 20.3 Å². The van der Waals surface area contributed by atoms with Gasteiger partial charge in [-0.25, -0.2) is 9.97 Å². The average Bonchev–Trinajstić information content (AvgIpc) is 3.66. The van der Waals surface area contributed by atoms with Gasteiger partial charge in [-0.1, -0.05) is 19.1 Å². The quantitative estimate of drug-likeness (QED) is 0.243. The highest BCUT2D eigenvalue weighted by Gasteiger charge is 2.18. The Hall–Kier alpha value is -4.70. The van der Waals surface area contributed by atoms with Crippen LogP contribution in [0.3, 0.4) is 0 Å². The Morgan fingerprint density at radius 2 is 1.89 bits per heavy atom. The van der Waals surface area contributed by atoms with Gasteiger partial charge in [0.15, 0.2) is 17.3 Å². The smallest absolute Gasteiger partial charge is 0.224 e. The molecule has 0 bridgehead atoms. The Morgan fingerprint density at radius 3 is 2.70 bits per heavy atom. The first kappa shape index (κ1) is 22.7. The highest BCUT2D eigenvalue weighted by Crippen LogP contribution is 2.35. The summed E-state index contributed by atoms with van der Waals surface area (Å²) in [4.78, 5) is 42.6. The van der Waals surface area contributed by atoms with Crippen LogP contribution in [0.1, 0.15) is 29.9 Å². The summed E-state index contributed by atoms with van der Waals surface area (Å²) < 4.78 is 0. The lowest BCUT2D eigenvalue weighted by Gasteiger charge is -2.06. The van der Waals surface area contributed by atoms with E-state index in [1.165, 1.54) is 11.3 Å². The molecule has 37 heavy (non-hydrogen) atoms. The number of imidazole rings is 1. The zero-order valence-corrected chi connectivity index (χ0v) is 20.8. The van der Waals surface area contributed by atoms with Gasteiger partial charge in [0.05, 0.1) is 39.0 Å². The van der Waals surface area contributed by atoms with E-state index in [2.05, 4.69) is 25.5 Å². The number of benzene rings is 1. The number of carbonyl (C=O) groups is 2. The number of fused-ring (bicyclic) bond motifs is 2. The molecule has 0 atom stereocenters. The van der Waals surface area contributed by atoms with Crippen LogP contribution in [0.4, 0.5) is 5.69 Å². The van der Waals surface area contributed by atoms with E-state index < -0.39 is 0 Å². The fourth-order valence-electron chi connectivity index (χ4n) is 4.14. The second kappa shape index (κ2) is 9.07. The van der Waals surface area contributed by atoms with Crippen LogP contribution >= 0.6 is 11.3 Å². The van der Waals surface area contributed by atoms with Crippen LogP contribution < -0.4 is 5.32 Å². The number of nitrogens with zero attached hydrogens (tertiary/aromatic N) is 4. The number of anilines is 1. The first-order chi connectivity index (χ1) is 18.0. The van der Waals surface area contributed by atoms with Gasteiger partial charge in [0, 0.05) is 28.6 Å². The van der Waals surface area contributed by atoms with E-state index in [0.717, 1.165) is 32.6 Å². The number of ketones is 1. The Balaban J connectivity index is 1.42. The first-order valence-corrected chi connectivity index (χ1v) is 12.5. The number of hydrogen-bond acceptors (Lipinski definition) is 7. The molecule has 6 aromatic rings. The van der Waals surface area contributed by atoms with Crippen molar-refractivity contribution in [3.05, 3.63) is 65.8 Å². The number of hydrogen-bond donors (Lipinski definition) is 3.